The summed E-state index contributed by atoms with van der Waals surface area (Å²) in [6.45, 7) is 5.08. The van der Waals surface area contributed by atoms with E-state index in [9.17, 15) is 0 Å². The lowest BCUT2D eigenvalue weighted by molar-refractivity contribution is 0.831. The molecule has 0 aliphatic heterocycles. The van der Waals surface area contributed by atoms with Crippen molar-refractivity contribution >= 4 is 22.4 Å². The minimum Gasteiger partial charge on any atom is -0.369 e. The summed E-state index contributed by atoms with van der Waals surface area (Å²) in [4.78, 5) is 8.84. The van der Waals surface area contributed by atoms with Crippen LogP contribution in [0.15, 0.2) is 24.5 Å². The SMILES string of the molecule is CCCCNc1nc2cc(C)nn2c2ccncc12. The highest BCUT2D eigenvalue weighted by Gasteiger charge is 2.09. The number of nitrogens with zero attached hydrogens (tertiary/aromatic N) is 4. The van der Waals surface area contributed by atoms with E-state index >= 15 is 0 Å². The molecule has 0 atom stereocenters. The maximum atomic E-state index is 4.65. The van der Waals surface area contributed by atoms with Gasteiger partial charge in [-0.15, -0.1) is 0 Å². The molecule has 0 bridgehead atoms. The van der Waals surface area contributed by atoms with Crippen LogP contribution in [0, 0.1) is 6.92 Å². The number of fused-ring (bicyclic) bond motifs is 3. The Morgan fingerprint density at radius 3 is 3.11 bits per heavy atom. The zero-order chi connectivity index (χ0) is 13.2. The molecule has 0 unspecified atom stereocenters. The van der Waals surface area contributed by atoms with Gasteiger partial charge in [0.1, 0.15) is 5.82 Å². The molecule has 98 valence electrons. The second-order valence-electron chi connectivity index (χ2n) is 4.69. The molecule has 1 N–H and O–H groups in total. The number of pyridine rings is 1. The Hall–Kier alpha value is -2.17. The molecule has 19 heavy (non-hydrogen) atoms. The van der Waals surface area contributed by atoms with Crippen LogP contribution in [-0.4, -0.2) is 26.1 Å². The second kappa shape index (κ2) is 4.84. The Morgan fingerprint density at radius 1 is 1.37 bits per heavy atom. The van der Waals surface area contributed by atoms with Crippen molar-refractivity contribution in [1.82, 2.24) is 19.6 Å². The van der Waals surface area contributed by atoms with Crippen molar-refractivity contribution in [3.8, 4) is 0 Å². The van der Waals surface area contributed by atoms with Gasteiger partial charge in [0.05, 0.1) is 16.6 Å². The Kier molecular flexibility index (Phi) is 3.03. The van der Waals surface area contributed by atoms with Crippen LogP contribution in [0.5, 0.6) is 0 Å². The van der Waals surface area contributed by atoms with E-state index in [1.54, 1.807) is 6.20 Å². The van der Waals surface area contributed by atoms with Crippen LogP contribution in [0.25, 0.3) is 16.6 Å². The highest BCUT2D eigenvalue weighted by molar-refractivity contribution is 5.90. The van der Waals surface area contributed by atoms with E-state index in [-0.39, 0.29) is 0 Å². The van der Waals surface area contributed by atoms with Gasteiger partial charge in [0.2, 0.25) is 0 Å². The third kappa shape index (κ3) is 2.12. The first-order valence-electron chi connectivity index (χ1n) is 6.63. The first kappa shape index (κ1) is 11.9. The van der Waals surface area contributed by atoms with Gasteiger partial charge in [-0.2, -0.15) is 5.10 Å². The van der Waals surface area contributed by atoms with E-state index in [0.29, 0.717) is 0 Å². The van der Waals surface area contributed by atoms with Gasteiger partial charge in [0.25, 0.3) is 0 Å². The summed E-state index contributed by atoms with van der Waals surface area (Å²) in [6.07, 6.45) is 5.92. The molecule has 0 aromatic carbocycles. The maximum Gasteiger partial charge on any atom is 0.158 e. The fourth-order valence-electron chi connectivity index (χ4n) is 2.19. The first-order chi connectivity index (χ1) is 9.29. The number of aryl methyl sites for hydroxylation is 1. The van der Waals surface area contributed by atoms with Crippen molar-refractivity contribution in [1.29, 1.82) is 0 Å². The van der Waals surface area contributed by atoms with Gasteiger partial charge in [-0.3, -0.25) is 4.98 Å². The molecule has 0 saturated heterocycles. The smallest absolute Gasteiger partial charge is 0.158 e. The molecule has 0 aliphatic carbocycles. The molecule has 3 aromatic rings. The normalized spacial score (nSPS) is 11.3. The predicted molar refractivity (Wildman–Crippen MR) is 76.4 cm³/mol. The van der Waals surface area contributed by atoms with Crippen molar-refractivity contribution in [2.45, 2.75) is 26.7 Å². The molecule has 3 rings (SSSR count). The molecule has 0 radical (unpaired) electrons. The van der Waals surface area contributed by atoms with E-state index in [2.05, 4.69) is 27.3 Å². The highest BCUT2D eigenvalue weighted by atomic mass is 15.3. The third-order valence-electron chi connectivity index (χ3n) is 3.14. The fraction of sp³-hybridized carbons (Fsp3) is 0.357. The van der Waals surface area contributed by atoms with Crippen LogP contribution in [0.3, 0.4) is 0 Å². The average Bonchev–Trinajstić information content (AvgIpc) is 2.80. The summed E-state index contributed by atoms with van der Waals surface area (Å²) in [7, 11) is 0. The molecule has 0 saturated carbocycles. The van der Waals surface area contributed by atoms with E-state index in [1.165, 1.54) is 0 Å². The summed E-state index contributed by atoms with van der Waals surface area (Å²) in [5.41, 5.74) is 2.87. The quantitative estimate of drug-likeness (QED) is 0.728. The van der Waals surface area contributed by atoms with Crippen LogP contribution >= 0.6 is 0 Å². The zero-order valence-electron chi connectivity index (χ0n) is 11.2. The number of rotatable bonds is 4. The molecule has 0 fully saturated rings. The van der Waals surface area contributed by atoms with Gasteiger partial charge in [0, 0.05) is 25.0 Å². The number of unbranched alkanes of at least 4 members (excludes halogenated alkanes) is 1. The molecular formula is C14H17N5. The van der Waals surface area contributed by atoms with E-state index < -0.39 is 0 Å². The number of hydrogen-bond donors (Lipinski definition) is 1. The van der Waals surface area contributed by atoms with Crippen LogP contribution in [-0.2, 0) is 0 Å². The Balaban J connectivity index is 2.17. The molecule has 0 aliphatic rings. The summed E-state index contributed by atoms with van der Waals surface area (Å²) in [5, 5.41) is 8.88. The Labute approximate surface area is 111 Å². The second-order valence-corrected chi connectivity index (χ2v) is 4.69. The predicted octanol–water partition coefficient (Wildman–Crippen LogP) is 2.80. The van der Waals surface area contributed by atoms with E-state index in [0.717, 1.165) is 47.4 Å². The minimum absolute atomic E-state index is 0.871. The summed E-state index contributed by atoms with van der Waals surface area (Å²) < 4.78 is 1.87. The van der Waals surface area contributed by atoms with Crippen molar-refractivity contribution in [3.63, 3.8) is 0 Å². The number of nitrogens with one attached hydrogen (secondary N) is 1. The standard InChI is InChI=1S/C14H17N5/c1-3-4-6-16-14-11-9-15-7-5-12(11)19-13(17-14)8-10(2)18-19/h5,7-9H,3-4,6H2,1-2H3,(H,16,17). The third-order valence-corrected chi connectivity index (χ3v) is 3.14. The number of anilines is 1. The first-order valence-corrected chi connectivity index (χ1v) is 6.63. The van der Waals surface area contributed by atoms with Crippen LogP contribution in [0.4, 0.5) is 5.82 Å². The van der Waals surface area contributed by atoms with E-state index in [1.807, 2.05) is 29.8 Å². The van der Waals surface area contributed by atoms with Crippen LogP contribution < -0.4 is 5.32 Å². The molecule has 0 amide bonds. The zero-order valence-corrected chi connectivity index (χ0v) is 11.2. The molecule has 3 heterocycles. The van der Waals surface area contributed by atoms with Crippen LogP contribution in [0.2, 0.25) is 0 Å². The van der Waals surface area contributed by atoms with Crippen molar-refractivity contribution < 1.29 is 0 Å². The van der Waals surface area contributed by atoms with Crippen molar-refractivity contribution in [2.24, 2.45) is 0 Å². The lowest BCUT2D eigenvalue weighted by Crippen LogP contribution is -2.06. The highest BCUT2D eigenvalue weighted by Crippen LogP contribution is 2.22. The van der Waals surface area contributed by atoms with Crippen molar-refractivity contribution in [2.75, 3.05) is 11.9 Å². The number of aromatic nitrogens is 4. The van der Waals surface area contributed by atoms with Crippen LogP contribution in [0.1, 0.15) is 25.5 Å². The largest absolute Gasteiger partial charge is 0.369 e. The Bertz CT molecular complexity index is 716. The number of hydrogen-bond acceptors (Lipinski definition) is 4. The van der Waals surface area contributed by atoms with E-state index in [4.69, 9.17) is 0 Å². The fourth-order valence-corrected chi connectivity index (χ4v) is 2.19. The minimum atomic E-state index is 0.871. The Morgan fingerprint density at radius 2 is 2.26 bits per heavy atom. The monoisotopic (exact) mass is 255 g/mol. The van der Waals surface area contributed by atoms with Gasteiger partial charge in [-0.05, 0) is 19.4 Å². The lowest BCUT2D eigenvalue weighted by Gasteiger charge is -2.09. The average molecular weight is 255 g/mol. The summed E-state index contributed by atoms with van der Waals surface area (Å²) >= 11 is 0. The molecular weight excluding hydrogens is 238 g/mol. The molecule has 0 spiro atoms. The van der Waals surface area contributed by atoms with Gasteiger partial charge >= 0.3 is 0 Å². The topological polar surface area (TPSA) is 55.1 Å². The van der Waals surface area contributed by atoms with Gasteiger partial charge in [-0.1, -0.05) is 13.3 Å². The maximum absolute atomic E-state index is 4.65. The molecule has 5 nitrogen and oxygen atoms in total. The molecule has 5 heteroatoms. The summed E-state index contributed by atoms with van der Waals surface area (Å²) in [5.74, 6) is 0.893. The van der Waals surface area contributed by atoms with Crippen molar-refractivity contribution in [3.05, 3.63) is 30.2 Å². The van der Waals surface area contributed by atoms with Gasteiger partial charge < -0.3 is 5.32 Å². The summed E-state index contributed by atoms with van der Waals surface area (Å²) in [6, 6.07) is 3.96. The van der Waals surface area contributed by atoms with Gasteiger partial charge in [0.15, 0.2) is 5.65 Å². The molecule has 3 aromatic heterocycles. The lowest BCUT2D eigenvalue weighted by atomic mass is 10.3. The van der Waals surface area contributed by atoms with Gasteiger partial charge in [-0.25, -0.2) is 9.50 Å².